The van der Waals surface area contributed by atoms with Gasteiger partial charge in [-0.2, -0.15) is 5.10 Å². The molecule has 0 saturated carbocycles. The van der Waals surface area contributed by atoms with Crippen molar-refractivity contribution in [2.45, 2.75) is 51.9 Å². The first-order valence-electron chi connectivity index (χ1n) is 12.0. The van der Waals surface area contributed by atoms with E-state index in [0.29, 0.717) is 19.8 Å². The van der Waals surface area contributed by atoms with Crippen LogP contribution in [0.1, 0.15) is 53.1 Å². The molecule has 0 aliphatic carbocycles. The van der Waals surface area contributed by atoms with Crippen molar-refractivity contribution in [3.8, 4) is 0 Å². The van der Waals surface area contributed by atoms with Gasteiger partial charge in [0.15, 0.2) is 5.79 Å². The Bertz CT molecular complexity index is 1060. The van der Waals surface area contributed by atoms with Crippen molar-refractivity contribution in [3.63, 3.8) is 0 Å². The molecule has 2 aromatic carbocycles. The van der Waals surface area contributed by atoms with Crippen molar-refractivity contribution in [2.75, 3.05) is 32.8 Å². The average Bonchev–Trinajstić information content (AvgIpc) is 3.44. The number of rotatable bonds is 4. The maximum absolute atomic E-state index is 13.6. The highest BCUT2D eigenvalue weighted by Gasteiger charge is 2.41. The molecule has 2 aromatic rings. The number of ether oxygens (including phenoxy) is 2. The third-order valence-corrected chi connectivity index (χ3v) is 7.20. The van der Waals surface area contributed by atoms with Crippen LogP contribution in [0.4, 0.5) is 0 Å². The van der Waals surface area contributed by atoms with Crippen molar-refractivity contribution in [1.82, 2.24) is 9.91 Å². The lowest BCUT2D eigenvalue weighted by molar-refractivity contribution is -0.186. The number of aryl methyl sites for hydroxylation is 3. The first kappa shape index (κ1) is 22.3. The Morgan fingerprint density at radius 1 is 1.03 bits per heavy atom. The minimum Gasteiger partial charge on any atom is -0.347 e. The second-order valence-corrected chi connectivity index (χ2v) is 9.56. The number of carbonyl (C=O) groups is 1. The fourth-order valence-electron chi connectivity index (χ4n) is 5.34. The molecule has 6 nitrogen and oxygen atoms in total. The molecule has 3 aliphatic heterocycles. The number of likely N-dealkylation sites (tertiary alicyclic amines) is 1. The van der Waals surface area contributed by atoms with Crippen LogP contribution in [0, 0.1) is 20.8 Å². The molecule has 2 saturated heterocycles. The number of hydrogen-bond donors (Lipinski definition) is 0. The molecule has 3 aliphatic rings. The SMILES string of the molecule is Cc1ccc(C2=NN(C(=O)CN3CCC4(CC3)OCCO4)[C@@H](c3ccccc3C)C2)c(C)c1. The van der Waals surface area contributed by atoms with Gasteiger partial charge in [-0.25, -0.2) is 5.01 Å². The summed E-state index contributed by atoms with van der Waals surface area (Å²) in [5.41, 5.74) is 6.90. The molecular weight excluding hydrogens is 414 g/mol. The molecule has 0 N–H and O–H groups in total. The van der Waals surface area contributed by atoms with Crippen LogP contribution in [-0.2, 0) is 14.3 Å². The summed E-state index contributed by atoms with van der Waals surface area (Å²) in [5, 5.41) is 6.65. The zero-order valence-corrected chi connectivity index (χ0v) is 19.8. The van der Waals surface area contributed by atoms with E-state index in [1.54, 1.807) is 5.01 Å². The van der Waals surface area contributed by atoms with Gasteiger partial charge < -0.3 is 9.47 Å². The van der Waals surface area contributed by atoms with Gasteiger partial charge in [0.25, 0.3) is 5.91 Å². The maximum Gasteiger partial charge on any atom is 0.257 e. The van der Waals surface area contributed by atoms with Crippen molar-refractivity contribution in [2.24, 2.45) is 5.10 Å². The van der Waals surface area contributed by atoms with Gasteiger partial charge in [-0.3, -0.25) is 9.69 Å². The Balaban J connectivity index is 1.37. The fourth-order valence-corrected chi connectivity index (χ4v) is 5.34. The Labute approximate surface area is 196 Å². The first-order valence-corrected chi connectivity index (χ1v) is 12.0. The number of hydrogen-bond acceptors (Lipinski definition) is 5. The first-order chi connectivity index (χ1) is 15.9. The molecule has 33 heavy (non-hydrogen) atoms. The molecule has 1 spiro atoms. The lowest BCUT2D eigenvalue weighted by atomic mass is 9.93. The molecule has 174 valence electrons. The summed E-state index contributed by atoms with van der Waals surface area (Å²) >= 11 is 0. The van der Waals surface area contributed by atoms with Gasteiger partial charge in [-0.15, -0.1) is 0 Å². The lowest BCUT2D eigenvalue weighted by Crippen LogP contribution is -2.48. The zero-order valence-electron chi connectivity index (χ0n) is 19.8. The summed E-state index contributed by atoms with van der Waals surface area (Å²) in [7, 11) is 0. The monoisotopic (exact) mass is 447 g/mol. The molecule has 3 heterocycles. The van der Waals surface area contributed by atoms with Crippen molar-refractivity contribution < 1.29 is 14.3 Å². The highest BCUT2D eigenvalue weighted by atomic mass is 16.7. The van der Waals surface area contributed by atoms with Gasteiger partial charge in [0.2, 0.25) is 0 Å². The summed E-state index contributed by atoms with van der Waals surface area (Å²) in [6.07, 6.45) is 2.34. The fraction of sp³-hybridized carbons (Fsp3) is 0.481. The van der Waals surface area contributed by atoms with E-state index in [4.69, 9.17) is 14.6 Å². The summed E-state index contributed by atoms with van der Waals surface area (Å²) < 4.78 is 11.7. The molecule has 1 amide bonds. The average molecular weight is 448 g/mol. The van der Waals surface area contributed by atoms with E-state index in [0.717, 1.165) is 43.6 Å². The molecule has 6 heteroatoms. The number of piperidine rings is 1. The Morgan fingerprint density at radius 2 is 1.76 bits per heavy atom. The zero-order chi connectivity index (χ0) is 23.0. The number of carbonyl (C=O) groups excluding carboxylic acids is 1. The van der Waals surface area contributed by atoms with Gasteiger partial charge in [-0.1, -0.05) is 48.0 Å². The molecule has 1 atom stereocenters. The van der Waals surface area contributed by atoms with Crippen LogP contribution in [0.2, 0.25) is 0 Å². The number of benzene rings is 2. The Kier molecular flexibility index (Phi) is 6.08. The topological polar surface area (TPSA) is 54.4 Å². The highest BCUT2D eigenvalue weighted by Crippen LogP contribution is 2.36. The number of hydrazone groups is 1. The van der Waals surface area contributed by atoms with Gasteiger partial charge in [0.05, 0.1) is 31.5 Å². The third-order valence-electron chi connectivity index (χ3n) is 7.20. The van der Waals surface area contributed by atoms with Gasteiger partial charge >= 0.3 is 0 Å². The van der Waals surface area contributed by atoms with Crippen LogP contribution in [0.5, 0.6) is 0 Å². The van der Waals surface area contributed by atoms with E-state index >= 15 is 0 Å². The largest absolute Gasteiger partial charge is 0.347 e. The standard InChI is InChI=1S/C27H33N3O3/c1-19-8-9-22(21(3)16-19)24-17-25(23-7-5-4-6-20(23)2)30(28-24)26(31)18-29-12-10-27(11-13-29)32-14-15-33-27/h4-9,16,25H,10-15,17-18H2,1-3H3/t25-/m1/s1. The maximum atomic E-state index is 13.6. The molecular formula is C27H33N3O3. The van der Waals surface area contributed by atoms with Crippen molar-refractivity contribution in [3.05, 3.63) is 70.3 Å². The molecule has 0 bridgehead atoms. The van der Waals surface area contributed by atoms with E-state index in [1.165, 1.54) is 22.3 Å². The molecule has 5 rings (SSSR count). The van der Waals surface area contributed by atoms with E-state index in [2.05, 4.69) is 56.0 Å². The highest BCUT2D eigenvalue weighted by molar-refractivity contribution is 6.04. The second-order valence-electron chi connectivity index (χ2n) is 9.56. The molecule has 2 fully saturated rings. The van der Waals surface area contributed by atoms with Gasteiger partial charge in [-0.05, 0) is 37.5 Å². The van der Waals surface area contributed by atoms with Crippen LogP contribution < -0.4 is 0 Å². The molecule has 0 unspecified atom stereocenters. The summed E-state index contributed by atoms with van der Waals surface area (Å²) in [6.45, 7) is 9.62. The van der Waals surface area contributed by atoms with Crippen molar-refractivity contribution >= 4 is 11.6 Å². The summed E-state index contributed by atoms with van der Waals surface area (Å²) in [6, 6.07) is 14.7. The Morgan fingerprint density at radius 3 is 2.45 bits per heavy atom. The van der Waals surface area contributed by atoms with Crippen molar-refractivity contribution in [1.29, 1.82) is 0 Å². The van der Waals surface area contributed by atoms with Gasteiger partial charge in [0.1, 0.15) is 0 Å². The molecule has 0 aromatic heterocycles. The number of amides is 1. The number of nitrogens with zero attached hydrogens (tertiary/aromatic N) is 3. The smallest absolute Gasteiger partial charge is 0.257 e. The predicted molar refractivity (Wildman–Crippen MR) is 128 cm³/mol. The quantitative estimate of drug-likeness (QED) is 0.707. The minimum atomic E-state index is -0.425. The van der Waals surface area contributed by atoms with E-state index in [9.17, 15) is 4.79 Å². The van der Waals surface area contributed by atoms with E-state index < -0.39 is 5.79 Å². The van der Waals surface area contributed by atoms with Crippen LogP contribution in [0.25, 0.3) is 0 Å². The Hall–Kier alpha value is -2.54. The van der Waals surface area contributed by atoms with Crippen LogP contribution in [0.3, 0.4) is 0 Å². The minimum absolute atomic E-state index is 0.0484. The summed E-state index contributed by atoms with van der Waals surface area (Å²) in [4.78, 5) is 15.8. The third kappa shape index (κ3) is 4.47. The van der Waals surface area contributed by atoms with Gasteiger partial charge in [0, 0.05) is 37.9 Å². The second kappa shape index (κ2) is 9.01. The van der Waals surface area contributed by atoms with E-state index in [-0.39, 0.29) is 11.9 Å². The normalized spacial score (nSPS) is 22.7. The van der Waals surface area contributed by atoms with Crippen LogP contribution in [0.15, 0.2) is 47.6 Å². The van der Waals surface area contributed by atoms with Crippen LogP contribution >= 0.6 is 0 Å². The lowest BCUT2D eigenvalue weighted by Gasteiger charge is -2.37. The predicted octanol–water partition coefficient (Wildman–Crippen LogP) is 4.13. The van der Waals surface area contributed by atoms with E-state index in [1.807, 2.05) is 12.1 Å². The summed E-state index contributed by atoms with van der Waals surface area (Å²) in [5.74, 6) is -0.377. The molecule has 0 radical (unpaired) electrons. The van der Waals surface area contributed by atoms with Crippen LogP contribution in [-0.4, -0.2) is 60.2 Å².